The van der Waals surface area contributed by atoms with Crippen LogP contribution in [0.15, 0.2) is 41.4 Å². The number of hydrogen-bond acceptors (Lipinski definition) is 3. The van der Waals surface area contributed by atoms with Gasteiger partial charge in [-0.25, -0.2) is 4.98 Å². The maximum Gasteiger partial charge on any atom is 0.143 e. The number of pyridine rings is 1. The number of thioether (sulfide) groups is 1. The highest BCUT2D eigenvalue weighted by molar-refractivity contribution is 7.98. The molecule has 0 spiro atoms. The molecular weight excluding hydrogens is 275 g/mol. The first-order valence-electron chi connectivity index (χ1n) is 4.95. The maximum absolute atomic E-state index is 6.04. The first kappa shape index (κ1) is 12.6. The summed E-state index contributed by atoms with van der Waals surface area (Å²) in [4.78, 5) is 4.16. The van der Waals surface area contributed by atoms with Crippen molar-refractivity contribution in [1.29, 1.82) is 0 Å². The molecule has 1 aromatic carbocycles. The van der Waals surface area contributed by atoms with Crippen molar-refractivity contribution in [2.75, 3.05) is 5.73 Å². The monoisotopic (exact) mass is 284 g/mol. The Bertz CT molecular complexity index is 517. The summed E-state index contributed by atoms with van der Waals surface area (Å²) in [5, 5.41) is 1.63. The van der Waals surface area contributed by atoms with Gasteiger partial charge in [-0.1, -0.05) is 53.5 Å². The number of nitrogens with two attached hydrogens (primary N) is 1. The molecule has 1 heterocycles. The molecule has 2 N–H and O–H groups in total. The van der Waals surface area contributed by atoms with Gasteiger partial charge in [0, 0.05) is 5.75 Å². The summed E-state index contributed by atoms with van der Waals surface area (Å²) in [6, 6.07) is 11.7. The van der Waals surface area contributed by atoms with Crippen LogP contribution in [0.4, 0.5) is 5.82 Å². The minimum atomic E-state index is 0.312. The van der Waals surface area contributed by atoms with Crippen molar-refractivity contribution in [3.63, 3.8) is 0 Å². The van der Waals surface area contributed by atoms with E-state index < -0.39 is 0 Å². The third-order valence-electron chi connectivity index (χ3n) is 2.14. The molecule has 0 atom stereocenters. The number of hydrogen-bond donors (Lipinski definition) is 1. The molecule has 0 aliphatic heterocycles. The lowest BCUT2D eigenvalue weighted by Crippen LogP contribution is -1.94. The molecule has 0 fully saturated rings. The van der Waals surface area contributed by atoms with E-state index in [1.807, 2.05) is 18.2 Å². The van der Waals surface area contributed by atoms with Gasteiger partial charge in [-0.15, -0.1) is 11.8 Å². The number of benzene rings is 1. The van der Waals surface area contributed by atoms with E-state index in [0.717, 1.165) is 5.75 Å². The van der Waals surface area contributed by atoms with Crippen molar-refractivity contribution < 1.29 is 0 Å². The standard InChI is InChI=1S/C12H10Cl2N2S/c13-9-6-10(14)12(16-11(9)15)17-7-8-4-2-1-3-5-8/h1-6H,7H2,(H2,15,16). The van der Waals surface area contributed by atoms with Crippen LogP contribution in [0.3, 0.4) is 0 Å². The minimum Gasteiger partial charge on any atom is -0.382 e. The van der Waals surface area contributed by atoms with Gasteiger partial charge in [0.05, 0.1) is 10.0 Å². The second kappa shape index (κ2) is 5.63. The topological polar surface area (TPSA) is 38.9 Å². The van der Waals surface area contributed by atoms with E-state index in [1.54, 1.807) is 17.8 Å². The number of nitrogen functional groups attached to an aromatic ring is 1. The molecule has 2 nitrogen and oxygen atoms in total. The fourth-order valence-corrected chi connectivity index (χ4v) is 2.67. The predicted octanol–water partition coefficient (Wildman–Crippen LogP) is 4.26. The summed E-state index contributed by atoms with van der Waals surface area (Å²) >= 11 is 13.4. The van der Waals surface area contributed by atoms with E-state index in [9.17, 15) is 0 Å². The zero-order valence-electron chi connectivity index (χ0n) is 8.86. The van der Waals surface area contributed by atoms with Gasteiger partial charge in [-0.2, -0.15) is 0 Å². The van der Waals surface area contributed by atoms with Crippen LogP contribution in [-0.4, -0.2) is 4.98 Å². The molecular formula is C12H10Cl2N2S. The van der Waals surface area contributed by atoms with Crippen LogP contribution in [0, 0.1) is 0 Å². The van der Waals surface area contributed by atoms with Crippen LogP contribution >= 0.6 is 35.0 Å². The van der Waals surface area contributed by atoms with Gasteiger partial charge in [0.2, 0.25) is 0 Å². The van der Waals surface area contributed by atoms with Crippen LogP contribution in [0.5, 0.6) is 0 Å². The normalized spacial score (nSPS) is 10.5. The van der Waals surface area contributed by atoms with Gasteiger partial charge in [0.15, 0.2) is 0 Å². The van der Waals surface area contributed by atoms with Crippen molar-refractivity contribution in [1.82, 2.24) is 4.98 Å². The Kier molecular flexibility index (Phi) is 4.15. The Morgan fingerprint density at radius 3 is 2.53 bits per heavy atom. The van der Waals surface area contributed by atoms with Crippen molar-refractivity contribution in [3.8, 4) is 0 Å². The Morgan fingerprint density at radius 1 is 1.12 bits per heavy atom. The van der Waals surface area contributed by atoms with Gasteiger partial charge in [-0.3, -0.25) is 0 Å². The zero-order chi connectivity index (χ0) is 12.3. The lowest BCUT2D eigenvalue weighted by atomic mass is 10.2. The Labute approximate surface area is 114 Å². The molecule has 2 rings (SSSR count). The highest BCUT2D eigenvalue weighted by atomic mass is 35.5. The van der Waals surface area contributed by atoms with Crippen molar-refractivity contribution in [2.24, 2.45) is 0 Å². The van der Waals surface area contributed by atoms with Crippen molar-refractivity contribution in [3.05, 3.63) is 52.0 Å². The summed E-state index contributed by atoms with van der Waals surface area (Å²) < 4.78 is 0. The van der Waals surface area contributed by atoms with E-state index in [0.29, 0.717) is 20.9 Å². The van der Waals surface area contributed by atoms with Gasteiger partial charge in [0.1, 0.15) is 10.8 Å². The highest BCUT2D eigenvalue weighted by Crippen LogP contribution is 2.32. The molecule has 0 saturated heterocycles. The quantitative estimate of drug-likeness (QED) is 0.856. The summed E-state index contributed by atoms with van der Waals surface area (Å²) in [6.07, 6.45) is 0. The lowest BCUT2D eigenvalue weighted by molar-refractivity contribution is 1.14. The zero-order valence-corrected chi connectivity index (χ0v) is 11.2. The van der Waals surface area contributed by atoms with Gasteiger partial charge >= 0.3 is 0 Å². The predicted molar refractivity (Wildman–Crippen MR) is 74.7 cm³/mol. The molecule has 0 aliphatic carbocycles. The third kappa shape index (κ3) is 3.28. The Balaban J connectivity index is 2.12. The molecule has 2 aromatic rings. The van der Waals surface area contributed by atoms with Gasteiger partial charge < -0.3 is 5.73 Å². The van der Waals surface area contributed by atoms with E-state index in [4.69, 9.17) is 28.9 Å². The summed E-state index contributed by atoms with van der Waals surface area (Å²) in [7, 11) is 0. The molecule has 0 aliphatic rings. The molecule has 0 unspecified atom stereocenters. The van der Waals surface area contributed by atoms with Gasteiger partial charge in [-0.05, 0) is 11.6 Å². The van der Waals surface area contributed by atoms with E-state index in [1.165, 1.54) is 5.56 Å². The van der Waals surface area contributed by atoms with Crippen molar-refractivity contribution in [2.45, 2.75) is 10.8 Å². The second-order valence-corrected chi connectivity index (χ2v) is 5.20. The average molecular weight is 285 g/mol. The first-order chi connectivity index (χ1) is 8.16. The molecule has 0 bridgehead atoms. The summed E-state index contributed by atoms with van der Waals surface area (Å²) in [5.74, 6) is 1.11. The Morgan fingerprint density at radius 2 is 1.82 bits per heavy atom. The number of rotatable bonds is 3. The number of anilines is 1. The SMILES string of the molecule is Nc1nc(SCc2ccccc2)c(Cl)cc1Cl. The van der Waals surface area contributed by atoms with Crippen LogP contribution in [0.25, 0.3) is 0 Å². The molecule has 0 amide bonds. The minimum absolute atomic E-state index is 0.312. The average Bonchev–Trinajstić information content (AvgIpc) is 2.33. The number of halogens is 2. The molecule has 17 heavy (non-hydrogen) atoms. The van der Waals surface area contributed by atoms with E-state index >= 15 is 0 Å². The van der Waals surface area contributed by atoms with Crippen LogP contribution < -0.4 is 5.73 Å². The summed E-state index contributed by atoms with van der Waals surface area (Å²) in [5.41, 5.74) is 6.86. The third-order valence-corrected chi connectivity index (χ3v) is 3.91. The molecule has 1 aromatic heterocycles. The first-order valence-corrected chi connectivity index (χ1v) is 6.69. The largest absolute Gasteiger partial charge is 0.382 e. The number of aromatic nitrogens is 1. The Hall–Kier alpha value is -0.900. The smallest absolute Gasteiger partial charge is 0.143 e. The van der Waals surface area contributed by atoms with E-state index in [2.05, 4.69) is 17.1 Å². The van der Waals surface area contributed by atoms with Crippen LogP contribution in [0.1, 0.15) is 5.56 Å². The fraction of sp³-hybridized carbons (Fsp3) is 0.0833. The van der Waals surface area contributed by atoms with Gasteiger partial charge in [0.25, 0.3) is 0 Å². The number of nitrogens with zero attached hydrogens (tertiary/aromatic N) is 1. The summed E-state index contributed by atoms with van der Waals surface area (Å²) in [6.45, 7) is 0. The van der Waals surface area contributed by atoms with Crippen LogP contribution in [0.2, 0.25) is 10.0 Å². The lowest BCUT2D eigenvalue weighted by Gasteiger charge is -2.05. The highest BCUT2D eigenvalue weighted by Gasteiger charge is 2.07. The second-order valence-electron chi connectivity index (χ2n) is 3.42. The maximum atomic E-state index is 6.04. The van der Waals surface area contributed by atoms with E-state index in [-0.39, 0.29) is 0 Å². The molecule has 0 saturated carbocycles. The molecule has 0 radical (unpaired) electrons. The molecule has 88 valence electrons. The van der Waals surface area contributed by atoms with Crippen LogP contribution in [-0.2, 0) is 5.75 Å². The van der Waals surface area contributed by atoms with Crippen molar-refractivity contribution >= 4 is 40.8 Å². The fourth-order valence-electron chi connectivity index (χ4n) is 1.29. The molecule has 5 heteroatoms.